The second kappa shape index (κ2) is 32.4. The summed E-state index contributed by atoms with van der Waals surface area (Å²) in [5.74, 6) is -9.04. The number of ketones is 3. The standard InChI is InChI=1S/C59H96N2O21P2/c1-36-20-14-12-15-21-37(2)48(77-9)34-44-25-23-42(7)59(70,82-44)54(65)55(66)61-29-19-16-22-45(61)56(67)80-49(35-46(62)38(3)31-41(6)52(64)53(79-11)51(63)40(5)30-36)39(4)32-43-24-26-47(50(33-43)78-10)81-57(68)60(8)28-18-13-17-27-58(69,83(71,72)73)84(74,75)76/h12,14-15,20-21,31,36,38-40,42-45,47-50,52-53,64,69-70H,13,16-19,22-30,32-35H2,1-11H3,(H2,71,72,73)(H2,74,75,76)/b15-12+,20-14-,37-21+,41-31+/t36-,38-,39-,40-,42-,43-,44+,45+,47-,48+,49+,50-,52-,53+,59-/m1/s1. The van der Waals surface area contributed by atoms with E-state index in [4.69, 9.17) is 28.4 Å². The molecule has 2 bridgehead atoms. The van der Waals surface area contributed by atoms with E-state index in [2.05, 4.69) is 0 Å². The van der Waals surface area contributed by atoms with Gasteiger partial charge in [-0.15, -0.1) is 0 Å². The monoisotopic (exact) mass is 1230 g/mol. The molecule has 4 aliphatic rings. The fraction of sp³-hybridized carbons (Fsp3) is 0.763. The van der Waals surface area contributed by atoms with Gasteiger partial charge in [0.15, 0.2) is 5.78 Å². The topological polar surface area (TPSA) is 340 Å². The van der Waals surface area contributed by atoms with Crippen LogP contribution in [0, 0.1) is 35.5 Å². The first-order chi connectivity index (χ1) is 39.2. The first kappa shape index (κ1) is 72.7. The summed E-state index contributed by atoms with van der Waals surface area (Å²) < 4.78 is 59.1. The second-order valence-electron chi connectivity index (χ2n) is 24.0. The number of hydrogen-bond acceptors (Lipinski definition) is 17. The highest BCUT2D eigenvalue weighted by atomic mass is 31.2. The smallest absolute Gasteiger partial charge is 0.409 e. The van der Waals surface area contributed by atoms with Crippen LogP contribution >= 0.6 is 15.2 Å². The van der Waals surface area contributed by atoms with Crippen molar-refractivity contribution in [2.45, 2.75) is 211 Å². The number of esters is 1. The summed E-state index contributed by atoms with van der Waals surface area (Å²) in [4.78, 5) is 125. The maximum absolute atomic E-state index is 14.6. The molecule has 7 N–H and O–H groups in total. The molecule has 4 rings (SSSR count). The highest BCUT2D eigenvalue weighted by molar-refractivity contribution is 7.72. The van der Waals surface area contributed by atoms with Crippen LogP contribution in [0.2, 0.25) is 0 Å². The zero-order valence-electron chi connectivity index (χ0n) is 50.9. The van der Waals surface area contributed by atoms with E-state index in [0.29, 0.717) is 63.4 Å². The van der Waals surface area contributed by atoms with Crippen LogP contribution in [-0.4, -0.2) is 181 Å². The molecule has 478 valence electrons. The number of carbonyl (C=O) groups excluding carboxylic acids is 6. The number of Topliss-reactive ketones (excluding diaryl/α,β-unsaturated/α-hetero) is 3. The molecule has 84 heavy (non-hydrogen) atoms. The number of nitrogens with zero attached hydrogens (tertiary/aromatic N) is 2. The molecule has 0 unspecified atom stereocenters. The van der Waals surface area contributed by atoms with Gasteiger partial charge in [0.25, 0.3) is 16.8 Å². The van der Waals surface area contributed by atoms with Gasteiger partial charge in [-0.25, -0.2) is 9.59 Å². The number of allylic oxidation sites excluding steroid dienone is 6. The predicted octanol–water partition coefficient (Wildman–Crippen LogP) is 6.82. The predicted molar refractivity (Wildman–Crippen MR) is 310 cm³/mol. The second-order valence-corrected chi connectivity index (χ2v) is 28.0. The average molecular weight is 1230 g/mol. The summed E-state index contributed by atoms with van der Waals surface area (Å²) in [6, 6.07) is -1.24. The van der Waals surface area contributed by atoms with Crippen molar-refractivity contribution in [2.75, 3.05) is 41.5 Å². The van der Waals surface area contributed by atoms with Crippen molar-refractivity contribution in [2.24, 2.45) is 35.5 Å². The van der Waals surface area contributed by atoms with Gasteiger partial charge >= 0.3 is 27.3 Å². The third-order valence-corrected chi connectivity index (χ3v) is 21.3. The largest absolute Gasteiger partial charge is 0.460 e. The van der Waals surface area contributed by atoms with Crippen LogP contribution < -0.4 is 0 Å². The van der Waals surface area contributed by atoms with Gasteiger partial charge in [-0.1, -0.05) is 77.5 Å². The number of aliphatic hydroxyl groups excluding tert-OH is 1. The lowest BCUT2D eigenvalue weighted by Gasteiger charge is -2.42. The lowest BCUT2D eigenvalue weighted by atomic mass is 9.78. The normalized spacial score (nSPS) is 34.5. The first-order valence-electron chi connectivity index (χ1n) is 29.5. The van der Waals surface area contributed by atoms with Gasteiger partial charge in [0.05, 0.1) is 18.3 Å². The Hall–Kier alpha value is -3.80. The molecular weight excluding hydrogens is 1130 g/mol. The summed E-state index contributed by atoms with van der Waals surface area (Å²) in [5.41, 5.74) is 1.16. The van der Waals surface area contributed by atoms with Gasteiger partial charge in [0.2, 0.25) is 5.79 Å². The maximum atomic E-state index is 14.6. The van der Waals surface area contributed by atoms with Crippen molar-refractivity contribution < 1.29 is 101 Å². The Morgan fingerprint density at radius 2 is 1.52 bits per heavy atom. The minimum absolute atomic E-state index is 0.0127. The average Bonchev–Trinajstić information content (AvgIpc) is 3.02. The Bertz CT molecular complexity index is 2450. The van der Waals surface area contributed by atoms with E-state index in [9.17, 15) is 72.8 Å². The molecule has 0 aromatic heterocycles. The molecule has 0 aromatic carbocycles. The lowest BCUT2D eigenvalue weighted by Crippen LogP contribution is -2.61. The molecule has 3 fully saturated rings. The van der Waals surface area contributed by atoms with Crippen molar-refractivity contribution in [3.63, 3.8) is 0 Å². The molecule has 25 heteroatoms. The molecule has 23 nitrogen and oxygen atoms in total. The molecular formula is C59H96N2O21P2. The number of ether oxygens (including phenoxy) is 6. The number of aliphatic hydroxyl groups is 3. The molecule has 0 aromatic rings. The van der Waals surface area contributed by atoms with Gasteiger partial charge < -0.3 is 73.1 Å². The summed E-state index contributed by atoms with van der Waals surface area (Å²) in [6.07, 6.45) is 7.69. The SMILES string of the molecule is CO[C@H]1C[C@@H]2CC[C@@H](C)[C@@](O)(O2)C(=O)C(=O)N2CCCC[C@H]2C(=O)O[C@H]([C@H](C)C[C@H]2CC[C@@H](OC(=O)N(C)CCCCCC(O)(P(=O)(O)O)P(=O)(O)O)[C@H](OC)C2)CC(=O)[C@H](C)/C=C(\C)[C@@H](O)[C@@H](OC)C(=O)[C@H](C)C[C@H](C)\C=C/C=C/C=C/1C. The molecule has 3 heterocycles. The van der Waals surface area contributed by atoms with E-state index < -0.39 is 129 Å². The fourth-order valence-electron chi connectivity index (χ4n) is 11.9. The van der Waals surface area contributed by atoms with E-state index >= 15 is 0 Å². The highest BCUT2D eigenvalue weighted by Gasteiger charge is 2.59. The number of carbonyl (C=O) groups is 6. The molecule has 2 saturated heterocycles. The summed E-state index contributed by atoms with van der Waals surface area (Å²) in [5, 5.41) is 30.3. The molecule has 15 atom stereocenters. The van der Waals surface area contributed by atoms with Gasteiger partial charge in [0, 0.05) is 72.1 Å². The van der Waals surface area contributed by atoms with E-state index in [1.54, 1.807) is 40.9 Å². The number of fused-ring (bicyclic) bond motifs is 3. The number of cyclic esters (lactones) is 1. The van der Waals surface area contributed by atoms with Crippen LogP contribution in [0.1, 0.15) is 151 Å². The van der Waals surface area contributed by atoms with Crippen LogP contribution in [0.3, 0.4) is 0 Å². The number of piperidine rings is 1. The maximum Gasteiger partial charge on any atom is 0.409 e. The van der Waals surface area contributed by atoms with Crippen LogP contribution in [0.25, 0.3) is 0 Å². The quantitative estimate of drug-likeness (QED) is 0.0291. The van der Waals surface area contributed by atoms with E-state index in [-0.39, 0.29) is 75.0 Å². The zero-order chi connectivity index (χ0) is 63.1. The molecule has 0 spiro atoms. The summed E-state index contributed by atoms with van der Waals surface area (Å²) >= 11 is 0. The molecule has 1 aliphatic carbocycles. The number of hydrogen-bond donors (Lipinski definition) is 7. The van der Waals surface area contributed by atoms with Crippen molar-refractivity contribution in [1.82, 2.24) is 9.80 Å². The summed E-state index contributed by atoms with van der Waals surface area (Å²) in [6.45, 7) is 12.5. The van der Waals surface area contributed by atoms with Crippen molar-refractivity contribution in [3.8, 4) is 0 Å². The van der Waals surface area contributed by atoms with Crippen LogP contribution in [0.5, 0.6) is 0 Å². The van der Waals surface area contributed by atoms with Crippen molar-refractivity contribution in [3.05, 3.63) is 47.6 Å². The minimum atomic E-state index is -5.60. The van der Waals surface area contributed by atoms with Crippen LogP contribution in [0.15, 0.2) is 47.6 Å². The lowest BCUT2D eigenvalue weighted by molar-refractivity contribution is -0.265. The van der Waals surface area contributed by atoms with Gasteiger partial charge in [0.1, 0.15) is 36.2 Å². The van der Waals surface area contributed by atoms with E-state index in [1.165, 1.54) is 26.2 Å². The molecule has 1 saturated carbocycles. The Balaban J connectivity index is 1.59. The Morgan fingerprint density at radius 3 is 2.15 bits per heavy atom. The third kappa shape index (κ3) is 19.3. The zero-order valence-corrected chi connectivity index (χ0v) is 52.7. The highest BCUT2D eigenvalue weighted by Crippen LogP contribution is 2.69. The number of amides is 2. The van der Waals surface area contributed by atoms with E-state index in [0.717, 1.165) is 10.5 Å². The van der Waals surface area contributed by atoms with Crippen LogP contribution in [-0.2, 0) is 61.5 Å². The summed E-state index contributed by atoms with van der Waals surface area (Å²) in [7, 11) is -5.34. The van der Waals surface area contributed by atoms with Gasteiger partial charge in [-0.2, -0.15) is 0 Å². The van der Waals surface area contributed by atoms with Gasteiger partial charge in [-0.05, 0) is 126 Å². The van der Waals surface area contributed by atoms with E-state index in [1.807, 2.05) is 51.2 Å². The molecule has 2 amide bonds. The van der Waals surface area contributed by atoms with Crippen LogP contribution in [0.4, 0.5) is 4.79 Å². The third-order valence-electron chi connectivity index (χ3n) is 17.5. The first-order valence-corrected chi connectivity index (χ1v) is 32.7. The number of unbranched alkanes of at least 4 members (excludes halogenated alkanes) is 2. The Labute approximate surface area is 495 Å². The number of methoxy groups -OCH3 is 3. The molecule has 0 radical (unpaired) electrons. The fourth-order valence-corrected chi connectivity index (χ4v) is 14.2. The van der Waals surface area contributed by atoms with Crippen molar-refractivity contribution in [1.29, 1.82) is 0 Å². The Morgan fingerprint density at radius 1 is 0.845 bits per heavy atom. The Kier molecular flexibility index (Phi) is 28.1. The number of rotatable bonds is 15. The minimum Gasteiger partial charge on any atom is -0.460 e. The molecule has 3 aliphatic heterocycles. The van der Waals surface area contributed by atoms with Crippen molar-refractivity contribution >= 4 is 50.5 Å². The van der Waals surface area contributed by atoms with Gasteiger partial charge in [-0.3, -0.25) is 28.3 Å².